The minimum absolute atomic E-state index is 0.172. The van der Waals surface area contributed by atoms with Crippen LogP contribution in [0, 0.1) is 0 Å². The first-order chi connectivity index (χ1) is 20.0. The van der Waals surface area contributed by atoms with Crippen LogP contribution in [0.25, 0.3) is 11.0 Å². The number of aromatic nitrogens is 2. The van der Waals surface area contributed by atoms with Gasteiger partial charge in [0.2, 0.25) is 0 Å². The van der Waals surface area contributed by atoms with Crippen LogP contribution in [0.5, 0.6) is 5.75 Å². The molecule has 0 unspecified atom stereocenters. The molecule has 4 aromatic carbocycles. The largest absolute Gasteiger partial charge is 0.491 e. The number of hydrogen-bond donors (Lipinski definition) is 0. The number of benzene rings is 4. The fourth-order valence-corrected chi connectivity index (χ4v) is 5.47. The number of rotatable bonds is 8. The molecule has 0 fully saturated rings. The fraction of sp³-hybridized carbons (Fsp3) is 0.188. The van der Waals surface area contributed by atoms with E-state index in [1.54, 1.807) is 30.3 Å². The zero-order chi connectivity index (χ0) is 30.0. The molecule has 42 heavy (non-hydrogen) atoms. The molecule has 0 atom stereocenters. The highest BCUT2D eigenvalue weighted by atomic mass is 35.5. The molecule has 0 amide bonds. The average molecular weight is 632 g/mol. The van der Waals surface area contributed by atoms with Gasteiger partial charge in [-0.2, -0.15) is 13.2 Å². The number of alkyl halides is 3. The first-order valence-corrected chi connectivity index (χ1v) is 14.2. The molecule has 5 rings (SSSR count). The summed E-state index contributed by atoms with van der Waals surface area (Å²) < 4.78 is 47.0. The van der Waals surface area contributed by atoms with Gasteiger partial charge in [-0.05, 0) is 77.2 Å². The molecule has 0 radical (unpaired) electrons. The molecule has 0 saturated heterocycles. The van der Waals surface area contributed by atoms with Gasteiger partial charge in [-0.15, -0.1) is 0 Å². The summed E-state index contributed by atoms with van der Waals surface area (Å²) in [6.07, 6.45) is -4.08. The Bertz CT molecular complexity index is 1690. The molecule has 1 heterocycles. The van der Waals surface area contributed by atoms with Gasteiger partial charge in [-0.3, -0.25) is 0 Å². The third kappa shape index (κ3) is 6.59. The van der Waals surface area contributed by atoms with E-state index in [0.29, 0.717) is 51.4 Å². The Morgan fingerprint density at radius 3 is 2.02 bits per heavy atom. The monoisotopic (exact) mass is 630 g/mol. The Hall–Kier alpha value is -3.52. The molecule has 0 aliphatic heterocycles. The van der Waals surface area contributed by atoms with Crippen LogP contribution in [0.4, 0.5) is 13.2 Å². The number of fused-ring (bicyclic) bond motifs is 1. The molecule has 0 spiro atoms. The number of halogens is 6. The number of carbonyl (C=O) groups is 1. The van der Waals surface area contributed by atoms with Gasteiger partial charge >= 0.3 is 12.1 Å². The molecular weight excluding hydrogens is 608 g/mol. The second kappa shape index (κ2) is 12.4. The van der Waals surface area contributed by atoms with Crippen LogP contribution in [0.2, 0.25) is 15.1 Å². The Balaban J connectivity index is 1.71. The van der Waals surface area contributed by atoms with E-state index in [-0.39, 0.29) is 11.3 Å². The number of imidazole rings is 1. The summed E-state index contributed by atoms with van der Waals surface area (Å²) in [4.78, 5) is 16.7. The van der Waals surface area contributed by atoms with Crippen molar-refractivity contribution in [1.29, 1.82) is 0 Å². The van der Waals surface area contributed by atoms with E-state index in [1.807, 2.05) is 60.0 Å². The zero-order valence-corrected chi connectivity index (χ0v) is 24.5. The third-order valence-corrected chi connectivity index (χ3v) is 7.66. The summed E-state index contributed by atoms with van der Waals surface area (Å²) in [5, 5.41) is 1.68. The topological polar surface area (TPSA) is 44.1 Å². The number of aryl methyl sites for hydroxylation is 3. The summed E-state index contributed by atoms with van der Waals surface area (Å²) >= 11 is 18.5. The second-order valence-electron chi connectivity index (χ2n) is 9.72. The van der Waals surface area contributed by atoms with Crippen molar-refractivity contribution in [2.24, 2.45) is 0 Å². The highest BCUT2D eigenvalue weighted by molar-refractivity contribution is 6.31. The maximum absolute atomic E-state index is 13.4. The molecule has 0 aliphatic carbocycles. The van der Waals surface area contributed by atoms with E-state index in [1.165, 1.54) is 6.07 Å². The van der Waals surface area contributed by atoms with Crippen molar-refractivity contribution in [2.45, 2.75) is 38.4 Å². The van der Waals surface area contributed by atoms with Gasteiger partial charge in [0.1, 0.15) is 11.3 Å². The van der Waals surface area contributed by atoms with Crippen LogP contribution in [-0.2, 0) is 24.2 Å². The molecule has 4 nitrogen and oxygen atoms in total. The molecule has 0 N–H and O–H groups in total. The Morgan fingerprint density at radius 2 is 1.48 bits per heavy atom. The minimum Gasteiger partial charge on any atom is -0.417 e. The van der Waals surface area contributed by atoms with Gasteiger partial charge < -0.3 is 9.30 Å². The van der Waals surface area contributed by atoms with Gasteiger partial charge in [0.15, 0.2) is 5.75 Å². The molecular formula is C32H24Cl3F3N2O2. The SMILES string of the molecule is CCc1nc2c(OC(=O)C(F)(F)F)cc(C(c3ccc(Cl)cc3)c3ccc(Cl)cc3)cc2n1CCc1cccc(Cl)c1. The molecule has 216 valence electrons. The fourth-order valence-electron chi connectivity index (χ4n) is 5.00. The van der Waals surface area contributed by atoms with Crippen LogP contribution in [-0.4, -0.2) is 21.7 Å². The highest BCUT2D eigenvalue weighted by Crippen LogP contribution is 2.39. The third-order valence-electron chi connectivity index (χ3n) is 6.92. The van der Waals surface area contributed by atoms with Crippen molar-refractivity contribution in [3.63, 3.8) is 0 Å². The second-order valence-corrected chi connectivity index (χ2v) is 11.0. The first-order valence-electron chi connectivity index (χ1n) is 13.1. The van der Waals surface area contributed by atoms with Crippen LogP contribution in [0.15, 0.2) is 84.9 Å². The predicted molar refractivity (Wildman–Crippen MR) is 160 cm³/mol. The maximum Gasteiger partial charge on any atom is 0.491 e. The number of hydrogen-bond acceptors (Lipinski definition) is 3. The van der Waals surface area contributed by atoms with Gasteiger partial charge in [-0.25, -0.2) is 9.78 Å². The molecule has 1 aromatic heterocycles. The van der Waals surface area contributed by atoms with Crippen molar-refractivity contribution in [2.75, 3.05) is 0 Å². The van der Waals surface area contributed by atoms with Gasteiger partial charge in [-0.1, -0.05) is 78.1 Å². The number of esters is 1. The quantitative estimate of drug-likeness (QED) is 0.0974. The Kier molecular flexibility index (Phi) is 8.83. The maximum atomic E-state index is 13.4. The van der Waals surface area contributed by atoms with E-state index >= 15 is 0 Å². The van der Waals surface area contributed by atoms with E-state index in [2.05, 4.69) is 4.98 Å². The van der Waals surface area contributed by atoms with Crippen LogP contribution in [0.1, 0.15) is 40.9 Å². The summed E-state index contributed by atoms with van der Waals surface area (Å²) in [6, 6.07) is 25.2. The normalized spacial score (nSPS) is 11.8. The Morgan fingerprint density at radius 1 is 0.857 bits per heavy atom. The standard InChI is InChI=1S/C32H24Cl3F3N2O2/c1-2-28-39-30-26(40(28)15-14-19-4-3-5-25(35)16-19)17-22(18-27(30)42-31(41)32(36,37)38)29(20-6-10-23(33)11-7-20)21-8-12-24(34)13-9-21/h3-13,16-18,29H,2,14-15H2,1H3. The van der Waals surface area contributed by atoms with Gasteiger partial charge in [0.25, 0.3) is 0 Å². The van der Waals surface area contributed by atoms with Crippen molar-refractivity contribution >= 4 is 51.8 Å². The van der Waals surface area contributed by atoms with Crippen molar-refractivity contribution in [3.8, 4) is 5.75 Å². The predicted octanol–water partition coefficient (Wildman–Crippen LogP) is 9.45. The van der Waals surface area contributed by atoms with E-state index in [0.717, 1.165) is 16.7 Å². The lowest BCUT2D eigenvalue weighted by molar-refractivity contribution is -0.189. The van der Waals surface area contributed by atoms with E-state index in [4.69, 9.17) is 39.5 Å². The summed E-state index contributed by atoms with van der Waals surface area (Å²) in [5.74, 6) is -2.40. The lowest BCUT2D eigenvalue weighted by Gasteiger charge is -2.21. The van der Waals surface area contributed by atoms with Crippen LogP contribution >= 0.6 is 34.8 Å². The van der Waals surface area contributed by atoms with Gasteiger partial charge in [0, 0.05) is 34.0 Å². The van der Waals surface area contributed by atoms with Crippen molar-refractivity contribution in [3.05, 3.63) is 128 Å². The van der Waals surface area contributed by atoms with Crippen molar-refractivity contribution in [1.82, 2.24) is 9.55 Å². The summed E-state index contributed by atoms with van der Waals surface area (Å²) in [7, 11) is 0. The number of carbonyl (C=O) groups excluding carboxylic acids is 1. The Labute approximate surface area is 255 Å². The highest BCUT2D eigenvalue weighted by Gasteiger charge is 2.42. The first kappa shape index (κ1) is 30.0. The molecule has 0 saturated carbocycles. The van der Waals surface area contributed by atoms with Crippen LogP contribution < -0.4 is 4.74 Å². The van der Waals surface area contributed by atoms with Crippen molar-refractivity contribution < 1.29 is 22.7 Å². The summed E-state index contributed by atoms with van der Waals surface area (Å²) in [6.45, 7) is 2.38. The lowest BCUT2D eigenvalue weighted by atomic mass is 9.85. The number of nitrogens with zero attached hydrogens (tertiary/aromatic N) is 2. The molecule has 5 aromatic rings. The smallest absolute Gasteiger partial charge is 0.417 e. The zero-order valence-electron chi connectivity index (χ0n) is 22.3. The average Bonchev–Trinajstić information content (AvgIpc) is 3.31. The molecule has 0 aliphatic rings. The molecule has 0 bridgehead atoms. The molecule has 10 heteroatoms. The number of ether oxygens (including phenoxy) is 1. The lowest BCUT2D eigenvalue weighted by Crippen LogP contribution is -2.28. The van der Waals surface area contributed by atoms with Gasteiger partial charge in [0.05, 0.1) is 5.52 Å². The van der Waals surface area contributed by atoms with E-state index in [9.17, 15) is 18.0 Å². The van der Waals surface area contributed by atoms with Crippen LogP contribution in [0.3, 0.4) is 0 Å². The van der Waals surface area contributed by atoms with E-state index < -0.39 is 18.1 Å². The summed E-state index contributed by atoms with van der Waals surface area (Å²) in [5.41, 5.74) is 3.97. The minimum atomic E-state index is -5.18.